The zero-order valence-corrected chi connectivity index (χ0v) is 18.7. The molecule has 0 aromatic heterocycles. The van der Waals surface area contributed by atoms with Crippen molar-refractivity contribution in [1.29, 1.82) is 0 Å². The van der Waals surface area contributed by atoms with Crippen molar-refractivity contribution in [1.82, 2.24) is 4.90 Å². The van der Waals surface area contributed by atoms with Crippen LogP contribution < -0.4 is 9.46 Å². The summed E-state index contributed by atoms with van der Waals surface area (Å²) in [5, 5.41) is 10.9. The molecule has 3 aromatic carbocycles. The first-order valence-electron chi connectivity index (χ1n) is 10.1. The van der Waals surface area contributed by atoms with Crippen molar-refractivity contribution in [2.24, 2.45) is 0 Å². The van der Waals surface area contributed by atoms with E-state index in [0.29, 0.717) is 17.5 Å². The molecule has 2 amide bonds. The number of nitrogens with one attached hydrogen (secondary N) is 1. The second-order valence-electron chi connectivity index (χ2n) is 7.45. The molecule has 0 bridgehead atoms. The predicted octanol–water partition coefficient (Wildman–Crippen LogP) is 3.24. The van der Waals surface area contributed by atoms with E-state index >= 15 is 0 Å². The molecule has 0 spiro atoms. The number of hydrogen-bond acceptors (Lipinski definition) is 7. The van der Waals surface area contributed by atoms with Gasteiger partial charge in [0.2, 0.25) is 0 Å². The first-order valence-corrected chi connectivity index (χ1v) is 11.6. The van der Waals surface area contributed by atoms with E-state index < -0.39 is 14.9 Å². The van der Waals surface area contributed by atoms with Gasteiger partial charge in [0.1, 0.15) is 5.75 Å². The van der Waals surface area contributed by atoms with Gasteiger partial charge < -0.3 is 4.74 Å². The number of methoxy groups -OCH3 is 1. The molecule has 1 N–H and O–H groups in total. The Morgan fingerprint density at radius 1 is 0.971 bits per heavy atom. The molecule has 174 valence electrons. The van der Waals surface area contributed by atoms with Crippen LogP contribution in [0, 0.1) is 10.1 Å². The molecule has 0 atom stereocenters. The molecule has 0 radical (unpaired) electrons. The highest BCUT2D eigenvalue weighted by Crippen LogP contribution is 2.31. The predicted molar refractivity (Wildman–Crippen MR) is 122 cm³/mol. The van der Waals surface area contributed by atoms with Crippen LogP contribution >= 0.6 is 0 Å². The molecule has 0 saturated carbocycles. The number of nitrogens with zero attached hydrogens (tertiary/aromatic N) is 2. The van der Waals surface area contributed by atoms with Gasteiger partial charge in [0.15, 0.2) is 0 Å². The van der Waals surface area contributed by atoms with E-state index in [4.69, 9.17) is 4.74 Å². The summed E-state index contributed by atoms with van der Waals surface area (Å²) in [4.78, 5) is 36.4. The van der Waals surface area contributed by atoms with Crippen LogP contribution in [-0.4, -0.2) is 43.7 Å². The number of nitro benzene ring substituents is 1. The number of carbonyl (C=O) groups excluding carboxylic acids is 2. The normalized spacial score (nSPS) is 13.0. The van der Waals surface area contributed by atoms with Gasteiger partial charge in [-0.3, -0.25) is 29.3 Å². The highest BCUT2D eigenvalue weighted by molar-refractivity contribution is 7.92. The van der Waals surface area contributed by atoms with Crippen molar-refractivity contribution in [2.45, 2.75) is 11.3 Å². The van der Waals surface area contributed by atoms with Crippen LogP contribution in [0.4, 0.5) is 11.4 Å². The lowest BCUT2D eigenvalue weighted by Crippen LogP contribution is -2.31. The van der Waals surface area contributed by atoms with E-state index in [-0.39, 0.29) is 40.4 Å². The SMILES string of the molecule is COc1cc([N+](=O)[O-])ccc1NS(=O)(=O)c1ccc(CCN2C(=O)c3ccccc3C2=O)cc1. The fourth-order valence-electron chi connectivity index (χ4n) is 3.60. The van der Waals surface area contributed by atoms with E-state index in [2.05, 4.69) is 4.72 Å². The number of sulfonamides is 1. The minimum atomic E-state index is -4.00. The average molecular weight is 481 g/mol. The van der Waals surface area contributed by atoms with E-state index in [9.17, 15) is 28.1 Å². The second kappa shape index (κ2) is 8.94. The third-order valence-corrected chi connectivity index (χ3v) is 6.76. The number of non-ortho nitro benzene ring substituents is 1. The average Bonchev–Trinajstić information content (AvgIpc) is 3.07. The number of benzene rings is 3. The van der Waals surface area contributed by atoms with Gasteiger partial charge in [-0.05, 0) is 42.3 Å². The largest absolute Gasteiger partial charge is 0.494 e. The maximum atomic E-state index is 12.8. The van der Waals surface area contributed by atoms with E-state index in [0.717, 1.165) is 11.6 Å². The van der Waals surface area contributed by atoms with Crippen LogP contribution in [0.5, 0.6) is 5.75 Å². The van der Waals surface area contributed by atoms with Gasteiger partial charge in [-0.15, -0.1) is 0 Å². The standard InChI is InChI=1S/C23H19N3O7S/c1-33-21-14-16(26(29)30)8-11-20(21)24-34(31,32)17-9-6-15(7-10-17)12-13-25-22(27)18-4-2-3-5-19(18)23(25)28/h2-11,14,24H,12-13H2,1H3. The molecule has 3 aromatic rings. The summed E-state index contributed by atoms with van der Waals surface area (Å²) in [7, 11) is -2.72. The summed E-state index contributed by atoms with van der Waals surface area (Å²) in [6.07, 6.45) is 0.357. The molecule has 10 nitrogen and oxygen atoms in total. The van der Waals surface area contributed by atoms with Crippen LogP contribution in [-0.2, 0) is 16.4 Å². The molecule has 1 aliphatic rings. The molecule has 0 fully saturated rings. The molecule has 4 rings (SSSR count). The van der Waals surface area contributed by atoms with Crippen molar-refractivity contribution < 1.29 is 27.7 Å². The number of hydrogen-bond donors (Lipinski definition) is 1. The van der Waals surface area contributed by atoms with E-state index in [1.165, 1.54) is 36.3 Å². The first kappa shape index (κ1) is 22.9. The van der Waals surface area contributed by atoms with Crippen LogP contribution in [0.15, 0.2) is 71.6 Å². The monoisotopic (exact) mass is 481 g/mol. The summed E-state index contributed by atoms with van der Waals surface area (Å²) in [6.45, 7) is 0.163. The van der Waals surface area contributed by atoms with Crippen molar-refractivity contribution in [3.63, 3.8) is 0 Å². The smallest absolute Gasteiger partial charge is 0.273 e. The Labute approximate surface area is 195 Å². The Kier molecular flexibility index (Phi) is 6.03. The van der Waals surface area contributed by atoms with Gasteiger partial charge in [-0.2, -0.15) is 0 Å². The van der Waals surface area contributed by atoms with Gasteiger partial charge in [-0.25, -0.2) is 8.42 Å². The van der Waals surface area contributed by atoms with Crippen LogP contribution in [0.3, 0.4) is 0 Å². The van der Waals surface area contributed by atoms with Crippen molar-refractivity contribution in [3.05, 3.63) is 93.5 Å². The maximum absolute atomic E-state index is 12.8. The Balaban J connectivity index is 1.45. The topological polar surface area (TPSA) is 136 Å². The highest BCUT2D eigenvalue weighted by atomic mass is 32.2. The van der Waals surface area contributed by atoms with Crippen molar-refractivity contribution in [3.8, 4) is 5.75 Å². The molecule has 0 saturated heterocycles. The Morgan fingerprint density at radius 3 is 2.15 bits per heavy atom. The summed E-state index contributed by atoms with van der Waals surface area (Å²) >= 11 is 0. The lowest BCUT2D eigenvalue weighted by atomic mass is 10.1. The molecule has 0 unspecified atom stereocenters. The van der Waals surface area contributed by atoms with Gasteiger partial charge in [0.25, 0.3) is 27.5 Å². The summed E-state index contributed by atoms with van der Waals surface area (Å²) in [5.41, 5.74) is 1.32. The number of anilines is 1. The summed E-state index contributed by atoms with van der Waals surface area (Å²) < 4.78 is 33.0. The van der Waals surface area contributed by atoms with Crippen LogP contribution in [0.25, 0.3) is 0 Å². The third-order valence-electron chi connectivity index (χ3n) is 5.38. The minimum Gasteiger partial charge on any atom is -0.494 e. The van der Waals surface area contributed by atoms with E-state index in [1.54, 1.807) is 36.4 Å². The van der Waals surface area contributed by atoms with Gasteiger partial charge >= 0.3 is 0 Å². The number of imide groups is 1. The lowest BCUT2D eigenvalue weighted by molar-refractivity contribution is -0.384. The minimum absolute atomic E-state index is 0.00957. The van der Waals surface area contributed by atoms with Gasteiger partial charge in [-0.1, -0.05) is 24.3 Å². The first-order chi connectivity index (χ1) is 16.2. The fraction of sp³-hybridized carbons (Fsp3) is 0.130. The van der Waals surface area contributed by atoms with Crippen LogP contribution in [0.1, 0.15) is 26.3 Å². The quantitative estimate of drug-likeness (QED) is 0.296. The summed E-state index contributed by atoms with van der Waals surface area (Å²) in [6, 6.07) is 16.2. The maximum Gasteiger partial charge on any atom is 0.273 e. The number of carbonyl (C=O) groups is 2. The molecule has 1 aliphatic heterocycles. The zero-order valence-electron chi connectivity index (χ0n) is 17.9. The van der Waals surface area contributed by atoms with E-state index in [1.807, 2.05) is 0 Å². The molecule has 11 heteroatoms. The molecule has 34 heavy (non-hydrogen) atoms. The Morgan fingerprint density at radius 2 is 1.59 bits per heavy atom. The number of ether oxygens (including phenoxy) is 1. The van der Waals surface area contributed by atoms with Gasteiger partial charge in [0, 0.05) is 12.6 Å². The number of nitro groups is 1. The lowest BCUT2D eigenvalue weighted by Gasteiger charge is -2.14. The van der Waals surface area contributed by atoms with Crippen LogP contribution in [0.2, 0.25) is 0 Å². The fourth-order valence-corrected chi connectivity index (χ4v) is 4.67. The third kappa shape index (κ3) is 4.33. The second-order valence-corrected chi connectivity index (χ2v) is 9.13. The molecule has 1 heterocycles. The number of rotatable bonds is 8. The highest BCUT2D eigenvalue weighted by Gasteiger charge is 2.34. The zero-order chi connectivity index (χ0) is 24.5. The number of fused-ring (bicyclic) bond motifs is 1. The summed E-state index contributed by atoms with van der Waals surface area (Å²) in [5.74, 6) is -0.683. The van der Waals surface area contributed by atoms with Gasteiger partial charge in [0.05, 0.1) is 39.8 Å². The Bertz CT molecular complexity index is 1370. The molecular formula is C23H19N3O7S. The Hall–Kier alpha value is -4.25. The number of amides is 2. The molecule has 0 aliphatic carbocycles. The molecular weight excluding hydrogens is 462 g/mol. The van der Waals surface area contributed by atoms with Crippen molar-refractivity contribution >= 4 is 33.2 Å². The van der Waals surface area contributed by atoms with Crippen molar-refractivity contribution in [2.75, 3.05) is 18.4 Å².